The van der Waals surface area contributed by atoms with Crippen LogP contribution in [0.25, 0.3) is 0 Å². The SMILES string of the molecule is CCCCCCCCO[C@H]1O[C@H](CO)[C@@H](O)[C@H](O)[C@@H]1O[C@@H]1O[C@H](CO)[C@@H](O[C@@H]2O[C@H](C)[C@H](O)[C@H](O)[C@H]2O)[C@H](O)[C@H]1NC(=O)CC. The van der Waals surface area contributed by atoms with E-state index in [1.54, 1.807) is 6.92 Å². The molecular formula is C29H53NO15. The van der Waals surface area contributed by atoms with Crippen LogP contribution >= 0.6 is 0 Å². The lowest BCUT2D eigenvalue weighted by atomic mass is 9.94. The van der Waals surface area contributed by atoms with Crippen LogP contribution in [0.5, 0.6) is 0 Å². The molecule has 0 saturated carbocycles. The summed E-state index contributed by atoms with van der Waals surface area (Å²) in [6.07, 6.45) is -14.4. The highest BCUT2D eigenvalue weighted by molar-refractivity contribution is 5.76. The van der Waals surface area contributed by atoms with Crippen LogP contribution in [0.2, 0.25) is 0 Å². The van der Waals surface area contributed by atoms with Gasteiger partial charge in [-0.3, -0.25) is 4.79 Å². The Hall–Kier alpha value is -1.09. The van der Waals surface area contributed by atoms with Crippen molar-refractivity contribution < 1.29 is 74.1 Å². The van der Waals surface area contributed by atoms with E-state index in [2.05, 4.69) is 12.2 Å². The van der Waals surface area contributed by atoms with Gasteiger partial charge in [0, 0.05) is 13.0 Å². The topological polar surface area (TPSA) is 246 Å². The summed E-state index contributed by atoms with van der Waals surface area (Å²) in [6, 6.07) is -1.38. The molecule has 0 spiro atoms. The average Bonchev–Trinajstić information content (AvgIpc) is 3.03. The monoisotopic (exact) mass is 655 g/mol. The van der Waals surface area contributed by atoms with Crippen LogP contribution in [0.3, 0.4) is 0 Å². The number of amides is 1. The summed E-state index contributed by atoms with van der Waals surface area (Å²) in [5.41, 5.74) is 0. The number of aliphatic hydroxyl groups excluding tert-OH is 8. The van der Waals surface area contributed by atoms with E-state index in [1.165, 1.54) is 6.92 Å². The number of unbranched alkanes of at least 4 members (excludes halogenated alkanes) is 5. The summed E-state index contributed by atoms with van der Waals surface area (Å²) in [4.78, 5) is 12.5. The van der Waals surface area contributed by atoms with E-state index in [0.29, 0.717) is 6.42 Å². The predicted molar refractivity (Wildman–Crippen MR) is 153 cm³/mol. The van der Waals surface area contributed by atoms with Crippen molar-refractivity contribution in [1.82, 2.24) is 5.32 Å². The quantitative estimate of drug-likeness (QED) is 0.0772. The van der Waals surface area contributed by atoms with Gasteiger partial charge in [-0.25, -0.2) is 0 Å². The van der Waals surface area contributed by atoms with E-state index < -0.39 is 111 Å². The average molecular weight is 656 g/mol. The lowest BCUT2D eigenvalue weighted by Crippen LogP contribution is -2.69. The largest absolute Gasteiger partial charge is 0.394 e. The number of carbonyl (C=O) groups excluding carboxylic acids is 1. The van der Waals surface area contributed by atoms with E-state index in [1.807, 2.05) is 0 Å². The maximum atomic E-state index is 12.5. The molecule has 264 valence electrons. The molecule has 3 aliphatic heterocycles. The number of rotatable bonds is 16. The first-order chi connectivity index (χ1) is 21.5. The van der Waals surface area contributed by atoms with Gasteiger partial charge in [-0.2, -0.15) is 0 Å². The first kappa shape index (κ1) is 38.4. The molecule has 9 N–H and O–H groups in total. The molecule has 0 aliphatic carbocycles. The number of hydrogen-bond donors (Lipinski definition) is 9. The second-order valence-electron chi connectivity index (χ2n) is 11.9. The van der Waals surface area contributed by atoms with Crippen molar-refractivity contribution in [3.05, 3.63) is 0 Å². The molecule has 3 fully saturated rings. The lowest BCUT2D eigenvalue weighted by molar-refractivity contribution is -0.371. The highest BCUT2D eigenvalue weighted by atomic mass is 16.8. The van der Waals surface area contributed by atoms with Gasteiger partial charge in [-0.05, 0) is 13.3 Å². The van der Waals surface area contributed by atoms with E-state index in [9.17, 15) is 45.6 Å². The van der Waals surface area contributed by atoms with Crippen molar-refractivity contribution in [3.8, 4) is 0 Å². The minimum absolute atomic E-state index is 0.00693. The Morgan fingerprint density at radius 1 is 0.667 bits per heavy atom. The van der Waals surface area contributed by atoms with Crippen LogP contribution in [-0.2, 0) is 33.2 Å². The van der Waals surface area contributed by atoms with Crippen molar-refractivity contribution in [3.63, 3.8) is 0 Å². The van der Waals surface area contributed by atoms with Gasteiger partial charge < -0.3 is 74.6 Å². The van der Waals surface area contributed by atoms with Gasteiger partial charge in [-0.15, -0.1) is 0 Å². The third-order valence-electron chi connectivity index (χ3n) is 8.50. The number of hydrogen-bond acceptors (Lipinski definition) is 15. The third kappa shape index (κ3) is 9.73. The number of ether oxygens (including phenoxy) is 6. The predicted octanol–water partition coefficient (Wildman–Crippen LogP) is -2.63. The van der Waals surface area contributed by atoms with E-state index in [4.69, 9.17) is 28.4 Å². The van der Waals surface area contributed by atoms with Crippen molar-refractivity contribution >= 4 is 5.91 Å². The van der Waals surface area contributed by atoms with Gasteiger partial charge in [-0.1, -0.05) is 46.0 Å². The number of nitrogens with one attached hydrogen (secondary N) is 1. The van der Waals surface area contributed by atoms with Crippen LogP contribution < -0.4 is 5.32 Å². The van der Waals surface area contributed by atoms with E-state index in [0.717, 1.165) is 32.1 Å². The lowest BCUT2D eigenvalue weighted by Gasteiger charge is -2.49. The summed E-state index contributed by atoms with van der Waals surface area (Å²) >= 11 is 0. The fourth-order valence-corrected chi connectivity index (χ4v) is 5.65. The van der Waals surface area contributed by atoms with Crippen molar-refractivity contribution in [2.45, 2.75) is 158 Å². The fourth-order valence-electron chi connectivity index (χ4n) is 5.65. The highest BCUT2D eigenvalue weighted by Crippen LogP contribution is 2.33. The summed E-state index contributed by atoms with van der Waals surface area (Å²) in [5, 5.41) is 86.1. The van der Waals surface area contributed by atoms with Crippen molar-refractivity contribution in [2.75, 3.05) is 19.8 Å². The smallest absolute Gasteiger partial charge is 0.220 e. The van der Waals surface area contributed by atoms with Crippen LogP contribution in [0, 0.1) is 0 Å². The molecule has 0 unspecified atom stereocenters. The second-order valence-corrected chi connectivity index (χ2v) is 11.9. The Morgan fingerprint density at radius 3 is 1.93 bits per heavy atom. The van der Waals surface area contributed by atoms with Gasteiger partial charge in [0.2, 0.25) is 5.91 Å². The Morgan fingerprint density at radius 2 is 1.29 bits per heavy atom. The zero-order valence-corrected chi connectivity index (χ0v) is 26.2. The molecule has 16 nitrogen and oxygen atoms in total. The van der Waals surface area contributed by atoms with Crippen molar-refractivity contribution in [2.24, 2.45) is 0 Å². The molecule has 0 radical (unpaired) electrons. The number of aliphatic hydroxyl groups is 8. The Balaban J connectivity index is 1.79. The Kier molecular flexibility index (Phi) is 15.7. The minimum atomic E-state index is -1.72. The summed E-state index contributed by atoms with van der Waals surface area (Å²) in [6.45, 7) is 4.01. The molecule has 3 heterocycles. The maximum absolute atomic E-state index is 12.5. The zero-order chi connectivity index (χ0) is 33.3. The van der Waals surface area contributed by atoms with Crippen LogP contribution in [0.1, 0.15) is 65.7 Å². The van der Waals surface area contributed by atoms with Gasteiger partial charge in [0.25, 0.3) is 0 Å². The highest BCUT2D eigenvalue weighted by Gasteiger charge is 2.54. The first-order valence-corrected chi connectivity index (χ1v) is 16.0. The molecule has 1 amide bonds. The van der Waals surface area contributed by atoms with Crippen LogP contribution in [0.15, 0.2) is 0 Å². The minimum Gasteiger partial charge on any atom is -0.394 e. The van der Waals surface area contributed by atoms with E-state index in [-0.39, 0.29) is 13.0 Å². The molecule has 3 rings (SSSR count). The fraction of sp³-hybridized carbons (Fsp3) is 0.966. The van der Waals surface area contributed by atoms with Gasteiger partial charge in [0.15, 0.2) is 18.9 Å². The molecule has 15 atom stereocenters. The molecule has 16 heteroatoms. The Labute approximate surface area is 263 Å². The standard InChI is InChI=1S/C29H53NO15/c1-4-6-7-8-9-10-11-40-29-26(23(38)20(35)15(12-31)42-29)45-27-18(30-17(33)5-2)21(36)25(16(13-32)43-27)44-28-24(39)22(37)19(34)14(3)41-28/h14-16,18-29,31-32,34-39H,4-13H2,1-3H3,(H,30,33)/t14-,15-,16-,18-,19+,20-,21-,22+,23+,24-,25-,26+,27+,28+,29+/m1/s1. The molecule has 0 aromatic heterocycles. The molecule has 45 heavy (non-hydrogen) atoms. The number of carbonyl (C=O) groups is 1. The van der Waals surface area contributed by atoms with Gasteiger partial charge in [0.05, 0.1) is 19.3 Å². The summed E-state index contributed by atoms with van der Waals surface area (Å²) in [5.74, 6) is -0.518. The molecule has 3 saturated heterocycles. The molecule has 0 aromatic carbocycles. The van der Waals surface area contributed by atoms with Crippen LogP contribution in [0.4, 0.5) is 0 Å². The van der Waals surface area contributed by atoms with Gasteiger partial charge in [0.1, 0.15) is 67.1 Å². The molecule has 3 aliphatic rings. The van der Waals surface area contributed by atoms with Gasteiger partial charge >= 0.3 is 0 Å². The molecule has 0 bridgehead atoms. The molecule has 0 aromatic rings. The zero-order valence-electron chi connectivity index (χ0n) is 26.2. The van der Waals surface area contributed by atoms with E-state index >= 15 is 0 Å². The molecular weight excluding hydrogens is 602 g/mol. The Bertz CT molecular complexity index is 872. The summed E-state index contributed by atoms with van der Waals surface area (Å²) in [7, 11) is 0. The summed E-state index contributed by atoms with van der Waals surface area (Å²) < 4.78 is 34.8. The maximum Gasteiger partial charge on any atom is 0.220 e. The third-order valence-corrected chi connectivity index (χ3v) is 8.50. The van der Waals surface area contributed by atoms with Crippen LogP contribution in [-0.4, -0.2) is 159 Å². The second kappa shape index (κ2) is 18.5. The first-order valence-electron chi connectivity index (χ1n) is 16.0. The van der Waals surface area contributed by atoms with Crippen molar-refractivity contribution in [1.29, 1.82) is 0 Å². The normalized spacial score (nSPS) is 42.4.